The predicted molar refractivity (Wildman–Crippen MR) is 115 cm³/mol. The highest BCUT2D eigenvalue weighted by atomic mass is 16.2. The molecule has 2 fully saturated rings. The van der Waals surface area contributed by atoms with Gasteiger partial charge in [0.1, 0.15) is 11.7 Å². The minimum Gasteiger partial charge on any atom is -0.364 e. The molecule has 4 rings (SSSR count). The summed E-state index contributed by atoms with van der Waals surface area (Å²) in [6.45, 7) is 0.652. The van der Waals surface area contributed by atoms with E-state index in [0.29, 0.717) is 30.9 Å². The van der Waals surface area contributed by atoms with Gasteiger partial charge in [0.25, 0.3) is 5.91 Å². The van der Waals surface area contributed by atoms with E-state index in [-0.39, 0.29) is 29.8 Å². The highest BCUT2D eigenvalue weighted by Crippen LogP contribution is 2.41. The van der Waals surface area contributed by atoms with Crippen molar-refractivity contribution in [1.29, 1.82) is 5.26 Å². The number of carbonyl (C=O) groups is 3. The lowest BCUT2D eigenvalue weighted by atomic mass is 9.88. The lowest BCUT2D eigenvalue weighted by molar-refractivity contribution is -0.128. The van der Waals surface area contributed by atoms with Crippen LogP contribution in [0.4, 0.5) is 0 Å². The summed E-state index contributed by atoms with van der Waals surface area (Å²) in [6, 6.07) is 8.78. The third-order valence-electron chi connectivity index (χ3n) is 6.32. The number of nitriles is 1. The van der Waals surface area contributed by atoms with E-state index in [2.05, 4.69) is 21.7 Å². The second-order valence-electron chi connectivity index (χ2n) is 8.61. The summed E-state index contributed by atoms with van der Waals surface area (Å²) in [5, 5.41) is 16.1. The SMILES string of the molecule is N#C[C@H](C[C@@H]1CCCNC1=O)NC(=O)[C@@H](CC1CC1)c1c(C(N)=O)[nH]c2ccccc12. The molecular formula is C23H27N5O3. The van der Waals surface area contributed by atoms with Crippen molar-refractivity contribution in [3.8, 4) is 6.07 Å². The second kappa shape index (κ2) is 8.80. The Morgan fingerprint density at radius 2 is 2.00 bits per heavy atom. The fourth-order valence-corrected chi connectivity index (χ4v) is 4.52. The molecule has 31 heavy (non-hydrogen) atoms. The molecule has 162 valence electrons. The molecule has 1 aliphatic carbocycles. The van der Waals surface area contributed by atoms with Gasteiger partial charge < -0.3 is 21.4 Å². The van der Waals surface area contributed by atoms with Crippen LogP contribution in [-0.4, -0.2) is 35.3 Å². The average Bonchev–Trinajstić information content (AvgIpc) is 3.50. The first-order valence-corrected chi connectivity index (χ1v) is 10.9. The van der Waals surface area contributed by atoms with Crippen LogP contribution in [-0.2, 0) is 9.59 Å². The Hall–Kier alpha value is -3.34. The number of amides is 3. The van der Waals surface area contributed by atoms with Gasteiger partial charge in [-0.25, -0.2) is 0 Å². The molecule has 2 heterocycles. The lowest BCUT2D eigenvalue weighted by Crippen LogP contribution is -2.43. The summed E-state index contributed by atoms with van der Waals surface area (Å²) in [6.07, 6.45) is 4.53. The van der Waals surface area contributed by atoms with Crippen molar-refractivity contribution in [2.24, 2.45) is 17.6 Å². The molecule has 2 aliphatic rings. The van der Waals surface area contributed by atoms with Gasteiger partial charge in [-0.1, -0.05) is 31.0 Å². The molecule has 0 bridgehead atoms. The summed E-state index contributed by atoms with van der Waals surface area (Å²) in [4.78, 5) is 40.7. The quantitative estimate of drug-likeness (QED) is 0.518. The van der Waals surface area contributed by atoms with Crippen LogP contribution < -0.4 is 16.4 Å². The van der Waals surface area contributed by atoms with Crippen molar-refractivity contribution in [2.75, 3.05) is 6.54 Å². The summed E-state index contributed by atoms with van der Waals surface area (Å²) in [5.41, 5.74) is 7.21. The van der Waals surface area contributed by atoms with E-state index in [1.807, 2.05) is 24.3 Å². The molecule has 1 aliphatic heterocycles. The van der Waals surface area contributed by atoms with Crippen LogP contribution in [0, 0.1) is 23.2 Å². The molecule has 2 aromatic rings. The second-order valence-corrected chi connectivity index (χ2v) is 8.61. The van der Waals surface area contributed by atoms with Crippen LogP contribution in [0.25, 0.3) is 10.9 Å². The van der Waals surface area contributed by atoms with Crippen molar-refractivity contribution in [3.63, 3.8) is 0 Å². The molecule has 3 amide bonds. The smallest absolute Gasteiger partial charge is 0.265 e. The molecule has 1 saturated carbocycles. The number of aromatic nitrogens is 1. The van der Waals surface area contributed by atoms with E-state index in [0.717, 1.165) is 30.2 Å². The van der Waals surface area contributed by atoms with Crippen LogP contribution >= 0.6 is 0 Å². The number of primary amides is 1. The zero-order valence-corrected chi connectivity index (χ0v) is 17.3. The van der Waals surface area contributed by atoms with Gasteiger partial charge in [0.2, 0.25) is 11.8 Å². The molecule has 3 atom stereocenters. The first-order valence-electron chi connectivity index (χ1n) is 10.9. The number of aromatic amines is 1. The molecule has 1 saturated heterocycles. The third-order valence-corrected chi connectivity index (χ3v) is 6.32. The Bertz CT molecular complexity index is 1050. The standard InChI is InChI=1S/C23H27N5O3/c24-12-15(11-14-4-3-9-26-22(14)30)27-23(31)17(10-13-7-8-13)19-16-5-1-2-6-18(16)28-20(19)21(25)29/h1-2,5-6,13-15,17,28H,3-4,7-11H2,(H2,25,29)(H,26,30)(H,27,31)/t14-,15-,17-/m0/s1. The number of rotatable bonds is 8. The van der Waals surface area contributed by atoms with E-state index in [1.54, 1.807) is 0 Å². The number of hydrogen-bond acceptors (Lipinski definition) is 4. The molecule has 8 heteroatoms. The monoisotopic (exact) mass is 421 g/mol. The van der Waals surface area contributed by atoms with Gasteiger partial charge in [0, 0.05) is 28.9 Å². The number of carbonyl (C=O) groups excluding carboxylic acids is 3. The Morgan fingerprint density at radius 1 is 1.23 bits per heavy atom. The van der Waals surface area contributed by atoms with Crippen molar-refractivity contribution >= 4 is 28.6 Å². The molecule has 0 unspecified atom stereocenters. The minimum atomic E-state index is -0.773. The van der Waals surface area contributed by atoms with E-state index < -0.39 is 17.9 Å². The Balaban J connectivity index is 1.61. The fourth-order valence-electron chi connectivity index (χ4n) is 4.52. The summed E-state index contributed by atoms with van der Waals surface area (Å²) in [7, 11) is 0. The Morgan fingerprint density at radius 3 is 2.68 bits per heavy atom. The molecular weight excluding hydrogens is 394 g/mol. The number of nitrogens with zero attached hydrogens (tertiary/aromatic N) is 1. The van der Waals surface area contributed by atoms with Gasteiger partial charge in [-0.15, -0.1) is 0 Å². The van der Waals surface area contributed by atoms with E-state index >= 15 is 0 Å². The highest BCUT2D eigenvalue weighted by molar-refractivity contribution is 6.03. The van der Waals surface area contributed by atoms with E-state index in [4.69, 9.17) is 5.73 Å². The summed E-state index contributed by atoms with van der Waals surface area (Å²) < 4.78 is 0. The molecule has 0 radical (unpaired) electrons. The molecule has 1 aromatic carbocycles. The van der Waals surface area contributed by atoms with Crippen LogP contribution in [0.5, 0.6) is 0 Å². The lowest BCUT2D eigenvalue weighted by Gasteiger charge is -2.25. The maximum absolute atomic E-state index is 13.4. The number of H-pyrrole nitrogens is 1. The Kier molecular flexibility index (Phi) is 5.94. The van der Waals surface area contributed by atoms with Gasteiger partial charge in [-0.3, -0.25) is 14.4 Å². The highest BCUT2D eigenvalue weighted by Gasteiger charge is 2.36. The third kappa shape index (κ3) is 4.55. The summed E-state index contributed by atoms with van der Waals surface area (Å²) in [5.74, 6) is -1.45. The minimum absolute atomic E-state index is 0.0667. The Labute approximate surface area is 180 Å². The largest absolute Gasteiger partial charge is 0.364 e. The molecule has 1 aromatic heterocycles. The number of hydrogen-bond donors (Lipinski definition) is 4. The van der Waals surface area contributed by atoms with E-state index in [1.165, 1.54) is 0 Å². The number of piperidine rings is 1. The molecule has 0 spiro atoms. The van der Waals surface area contributed by atoms with Crippen molar-refractivity contribution < 1.29 is 14.4 Å². The summed E-state index contributed by atoms with van der Waals surface area (Å²) >= 11 is 0. The maximum atomic E-state index is 13.4. The number of fused-ring (bicyclic) bond motifs is 1. The van der Waals surface area contributed by atoms with Crippen molar-refractivity contribution in [3.05, 3.63) is 35.5 Å². The topological polar surface area (TPSA) is 141 Å². The number of benzene rings is 1. The van der Waals surface area contributed by atoms with Gasteiger partial charge in [-0.2, -0.15) is 5.26 Å². The van der Waals surface area contributed by atoms with Crippen LogP contribution in [0.15, 0.2) is 24.3 Å². The van der Waals surface area contributed by atoms with Crippen LogP contribution in [0.2, 0.25) is 0 Å². The molecule has 5 N–H and O–H groups in total. The number of para-hydroxylation sites is 1. The normalized spacial score (nSPS) is 20.5. The van der Waals surface area contributed by atoms with Gasteiger partial charge >= 0.3 is 0 Å². The van der Waals surface area contributed by atoms with Gasteiger partial charge in [0.05, 0.1) is 12.0 Å². The van der Waals surface area contributed by atoms with Crippen LogP contribution in [0.1, 0.15) is 60.5 Å². The van der Waals surface area contributed by atoms with Gasteiger partial charge in [-0.05, 0) is 37.7 Å². The average molecular weight is 422 g/mol. The van der Waals surface area contributed by atoms with Crippen molar-refractivity contribution in [2.45, 2.75) is 50.5 Å². The maximum Gasteiger partial charge on any atom is 0.265 e. The zero-order valence-electron chi connectivity index (χ0n) is 17.3. The van der Waals surface area contributed by atoms with Crippen molar-refractivity contribution in [1.82, 2.24) is 15.6 Å². The number of nitrogens with two attached hydrogens (primary N) is 1. The predicted octanol–water partition coefficient (Wildman–Crippen LogP) is 2.08. The molecule has 8 nitrogen and oxygen atoms in total. The zero-order chi connectivity index (χ0) is 22.0. The first kappa shape index (κ1) is 20.9. The van der Waals surface area contributed by atoms with Gasteiger partial charge in [0.15, 0.2) is 0 Å². The van der Waals surface area contributed by atoms with E-state index in [9.17, 15) is 19.6 Å². The van der Waals surface area contributed by atoms with Crippen LogP contribution in [0.3, 0.4) is 0 Å². The number of nitrogens with one attached hydrogen (secondary N) is 3. The fraction of sp³-hybridized carbons (Fsp3) is 0.478. The first-order chi connectivity index (χ1) is 15.0.